The van der Waals surface area contributed by atoms with Crippen molar-refractivity contribution >= 4 is 29.9 Å². The van der Waals surface area contributed by atoms with Crippen LogP contribution in [-0.2, 0) is 6.54 Å². The van der Waals surface area contributed by atoms with Gasteiger partial charge in [-0.05, 0) is 19.5 Å². The van der Waals surface area contributed by atoms with Crippen LogP contribution in [0.1, 0.15) is 12.5 Å². The van der Waals surface area contributed by atoms with Gasteiger partial charge in [-0.25, -0.2) is 0 Å². The Kier molecular flexibility index (Phi) is 11.7. The van der Waals surface area contributed by atoms with Gasteiger partial charge in [0.05, 0.1) is 13.1 Å². The molecule has 0 fully saturated rings. The molecule has 5 heteroatoms. The molecule has 0 unspecified atom stereocenters. The highest BCUT2D eigenvalue weighted by Crippen LogP contribution is 2.01. The minimum atomic E-state index is 0. The van der Waals surface area contributed by atoms with Crippen LogP contribution in [0.15, 0.2) is 35.3 Å². The van der Waals surface area contributed by atoms with E-state index in [-0.39, 0.29) is 24.0 Å². The highest BCUT2D eigenvalue weighted by Gasteiger charge is 2.00. The molecule has 0 aliphatic rings. The van der Waals surface area contributed by atoms with Crippen molar-refractivity contribution in [2.45, 2.75) is 13.5 Å². The van der Waals surface area contributed by atoms with Crippen molar-refractivity contribution in [1.82, 2.24) is 15.5 Å². The monoisotopic (exact) mass is 400 g/mol. The number of guanidine groups is 1. The van der Waals surface area contributed by atoms with Crippen molar-refractivity contribution in [3.05, 3.63) is 35.9 Å². The van der Waals surface area contributed by atoms with Crippen molar-refractivity contribution in [2.24, 2.45) is 4.99 Å². The lowest BCUT2D eigenvalue weighted by Crippen LogP contribution is -2.38. The smallest absolute Gasteiger partial charge is 0.192 e. The summed E-state index contributed by atoms with van der Waals surface area (Å²) in [7, 11) is 2.10. The molecule has 0 radical (unpaired) electrons. The largest absolute Gasteiger partial charge is 0.357 e. The van der Waals surface area contributed by atoms with E-state index in [9.17, 15) is 0 Å². The molecule has 0 heterocycles. The van der Waals surface area contributed by atoms with E-state index in [2.05, 4.69) is 57.8 Å². The summed E-state index contributed by atoms with van der Waals surface area (Å²) in [4.78, 5) is 6.74. The van der Waals surface area contributed by atoms with Crippen molar-refractivity contribution in [2.75, 3.05) is 33.2 Å². The zero-order chi connectivity index (χ0) is 14.6. The topological polar surface area (TPSA) is 39.7 Å². The Morgan fingerprint density at radius 2 is 2.00 bits per heavy atom. The summed E-state index contributed by atoms with van der Waals surface area (Å²) in [5.41, 5.74) is 1.32. The average Bonchev–Trinajstić information content (AvgIpc) is 2.45. The van der Waals surface area contributed by atoms with E-state index in [1.165, 1.54) is 5.56 Å². The third kappa shape index (κ3) is 9.32. The molecule has 4 nitrogen and oxygen atoms in total. The van der Waals surface area contributed by atoms with Crippen LogP contribution in [0, 0.1) is 12.3 Å². The minimum absolute atomic E-state index is 0. The SMILES string of the molecule is C#CCNC(=NCCN(C)Cc1ccccc1)NCC.I. The van der Waals surface area contributed by atoms with E-state index in [0.29, 0.717) is 6.54 Å². The molecule has 21 heavy (non-hydrogen) atoms. The molecule has 1 aromatic rings. The first-order valence-corrected chi connectivity index (χ1v) is 6.94. The van der Waals surface area contributed by atoms with Crippen LogP contribution >= 0.6 is 24.0 Å². The summed E-state index contributed by atoms with van der Waals surface area (Å²) in [5.74, 6) is 3.32. The Morgan fingerprint density at radius 3 is 2.62 bits per heavy atom. The molecule has 0 aliphatic heterocycles. The van der Waals surface area contributed by atoms with Gasteiger partial charge in [0, 0.05) is 19.6 Å². The van der Waals surface area contributed by atoms with Crippen molar-refractivity contribution in [3.63, 3.8) is 0 Å². The first-order valence-electron chi connectivity index (χ1n) is 6.94. The summed E-state index contributed by atoms with van der Waals surface area (Å²) in [6, 6.07) is 10.4. The summed E-state index contributed by atoms with van der Waals surface area (Å²) < 4.78 is 0. The van der Waals surface area contributed by atoms with Gasteiger partial charge in [-0.1, -0.05) is 36.3 Å². The van der Waals surface area contributed by atoms with Gasteiger partial charge in [0.15, 0.2) is 5.96 Å². The number of hydrogen-bond acceptors (Lipinski definition) is 2. The van der Waals surface area contributed by atoms with Gasteiger partial charge in [-0.3, -0.25) is 4.99 Å². The Morgan fingerprint density at radius 1 is 1.29 bits per heavy atom. The van der Waals surface area contributed by atoms with Gasteiger partial charge in [-0.15, -0.1) is 30.4 Å². The van der Waals surface area contributed by atoms with Crippen molar-refractivity contribution in [3.8, 4) is 12.3 Å². The van der Waals surface area contributed by atoms with E-state index in [4.69, 9.17) is 6.42 Å². The van der Waals surface area contributed by atoms with E-state index >= 15 is 0 Å². The lowest BCUT2D eigenvalue weighted by Gasteiger charge is -2.16. The summed E-state index contributed by atoms with van der Waals surface area (Å²) in [6.07, 6.45) is 5.23. The number of nitrogens with zero attached hydrogens (tertiary/aromatic N) is 2. The van der Waals surface area contributed by atoms with E-state index in [1.807, 2.05) is 13.0 Å². The standard InChI is InChI=1S/C16H24N4.HI/c1-4-11-18-16(17-5-2)19-12-13-20(3)14-15-9-7-6-8-10-15;/h1,6-10H,5,11-14H2,2-3H3,(H2,17,18,19);1H. The maximum atomic E-state index is 5.23. The number of benzene rings is 1. The van der Waals surface area contributed by atoms with Crippen LogP contribution in [0.2, 0.25) is 0 Å². The fourth-order valence-electron chi connectivity index (χ4n) is 1.78. The summed E-state index contributed by atoms with van der Waals surface area (Å²) in [5, 5.41) is 6.24. The molecule has 1 rings (SSSR count). The number of rotatable bonds is 7. The third-order valence-electron chi connectivity index (χ3n) is 2.75. The number of nitrogens with one attached hydrogen (secondary N) is 2. The van der Waals surface area contributed by atoms with Gasteiger partial charge >= 0.3 is 0 Å². The van der Waals surface area contributed by atoms with Crippen LogP contribution < -0.4 is 10.6 Å². The fraction of sp³-hybridized carbons (Fsp3) is 0.438. The molecule has 0 saturated heterocycles. The molecule has 0 aliphatic carbocycles. The first-order chi connectivity index (χ1) is 9.76. The van der Waals surface area contributed by atoms with Gasteiger partial charge in [0.25, 0.3) is 0 Å². The maximum Gasteiger partial charge on any atom is 0.192 e. The maximum absolute atomic E-state index is 5.23. The predicted molar refractivity (Wildman–Crippen MR) is 101 cm³/mol. The van der Waals surface area contributed by atoms with Gasteiger partial charge in [0.1, 0.15) is 0 Å². The molecule has 0 amide bonds. The predicted octanol–water partition coefficient (Wildman–Crippen LogP) is 1.92. The molecule has 0 saturated carbocycles. The second kappa shape index (κ2) is 12.5. The van der Waals surface area contributed by atoms with Gasteiger partial charge < -0.3 is 15.5 Å². The van der Waals surface area contributed by atoms with Crippen LogP contribution in [0.3, 0.4) is 0 Å². The molecule has 0 atom stereocenters. The zero-order valence-corrected chi connectivity index (χ0v) is 15.1. The van der Waals surface area contributed by atoms with Gasteiger partial charge in [-0.2, -0.15) is 0 Å². The number of hydrogen-bond donors (Lipinski definition) is 2. The number of terminal acetylenes is 1. The molecular weight excluding hydrogens is 375 g/mol. The number of halogens is 1. The average molecular weight is 400 g/mol. The zero-order valence-electron chi connectivity index (χ0n) is 12.8. The summed E-state index contributed by atoms with van der Waals surface area (Å²) >= 11 is 0. The molecule has 0 aromatic heterocycles. The van der Waals surface area contributed by atoms with E-state index < -0.39 is 0 Å². The molecular formula is C16H25IN4. The normalized spacial score (nSPS) is 10.7. The highest BCUT2D eigenvalue weighted by atomic mass is 127. The Bertz CT molecular complexity index is 439. The van der Waals surface area contributed by atoms with E-state index in [0.717, 1.165) is 32.1 Å². The molecule has 0 bridgehead atoms. The van der Waals surface area contributed by atoms with Gasteiger partial charge in [0.2, 0.25) is 0 Å². The molecule has 1 aromatic carbocycles. The number of aliphatic imine (C=N–C) groups is 1. The van der Waals surface area contributed by atoms with Crippen molar-refractivity contribution < 1.29 is 0 Å². The summed E-state index contributed by atoms with van der Waals surface area (Å²) in [6.45, 7) is 5.94. The van der Waals surface area contributed by atoms with Crippen molar-refractivity contribution in [1.29, 1.82) is 0 Å². The lowest BCUT2D eigenvalue weighted by atomic mass is 10.2. The fourth-order valence-corrected chi connectivity index (χ4v) is 1.78. The Balaban J connectivity index is 0.00000400. The quantitative estimate of drug-likeness (QED) is 0.318. The second-order valence-corrected chi connectivity index (χ2v) is 4.54. The minimum Gasteiger partial charge on any atom is -0.357 e. The first kappa shape index (κ1) is 19.7. The molecule has 0 spiro atoms. The second-order valence-electron chi connectivity index (χ2n) is 4.54. The number of likely N-dealkylation sites (N-methyl/N-ethyl adjacent to an activating group) is 1. The molecule has 2 N–H and O–H groups in total. The lowest BCUT2D eigenvalue weighted by molar-refractivity contribution is 0.336. The molecule has 116 valence electrons. The Labute approximate surface area is 145 Å². The Hall–Kier alpha value is -1.26. The van der Waals surface area contributed by atoms with Crippen LogP contribution in [0.25, 0.3) is 0 Å². The van der Waals surface area contributed by atoms with Crippen LogP contribution in [0.5, 0.6) is 0 Å². The van der Waals surface area contributed by atoms with Crippen LogP contribution in [0.4, 0.5) is 0 Å². The third-order valence-corrected chi connectivity index (χ3v) is 2.75. The van der Waals surface area contributed by atoms with E-state index in [1.54, 1.807) is 0 Å². The highest BCUT2D eigenvalue weighted by molar-refractivity contribution is 14.0. The van der Waals surface area contributed by atoms with Crippen LogP contribution in [-0.4, -0.2) is 44.1 Å².